The molecule has 1 N–H and O–H groups in total. The molecule has 1 saturated heterocycles. The molecule has 2 aromatic carbocycles. The van der Waals surface area contributed by atoms with Crippen molar-refractivity contribution < 1.29 is 22.4 Å². The summed E-state index contributed by atoms with van der Waals surface area (Å²) in [5.74, 6) is -0.347. The molecule has 30 heavy (non-hydrogen) atoms. The quantitative estimate of drug-likeness (QED) is 0.488. The predicted octanol–water partition coefficient (Wildman–Crippen LogP) is 6.34. The molecule has 2 amide bonds. The summed E-state index contributed by atoms with van der Waals surface area (Å²) in [6, 6.07) is 9.87. The minimum absolute atomic E-state index is 0.230. The first kappa shape index (κ1) is 20.3. The molecule has 1 aliphatic rings. The molecule has 1 fully saturated rings. The van der Waals surface area contributed by atoms with Crippen LogP contribution in [0.1, 0.15) is 29.5 Å². The summed E-state index contributed by atoms with van der Waals surface area (Å²) in [6.45, 7) is 0.520. The van der Waals surface area contributed by atoms with Crippen molar-refractivity contribution in [2.75, 3.05) is 11.9 Å². The van der Waals surface area contributed by atoms with E-state index in [9.17, 15) is 22.4 Å². The second kappa shape index (κ2) is 8.06. The maximum atomic E-state index is 13.5. The van der Waals surface area contributed by atoms with E-state index in [4.69, 9.17) is 0 Å². The second-order valence-electron chi connectivity index (χ2n) is 6.94. The van der Waals surface area contributed by atoms with Crippen molar-refractivity contribution in [1.29, 1.82) is 0 Å². The highest BCUT2D eigenvalue weighted by Gasteiger charge is 2.33. The molecule has 9 heteroatoms. The molecule has 4 nitrogen and oxygen atoms in total. The van der Waals surface area contributed by atoms with Gasteiger partial charge in [-0.05, 0) is 49.2 Å². The largest absolute Gasteiger partial charge is 0.416 e. The number of alkyl halides is 3. The number of amides is 2. The number of nitrogens with zero attached hydrogens (tertiary/aromatic N) is 2. The number of likely N-dealkylation sites (tertiary alicyclic amines) is 1. The van der Waals surface area contributed by atoms with Crippen molar-refractivity contribution in [3.8, 4) is 11.3 Å². The molecule has 0 saturated carbocycles. The number of carbonyl (C=O) groups excluding carboxylic acids is 1. The summed E-state index contributed by atoms with van der Waals surface area (Å²) in [5, 5.41) is 5.23. The highest BCUT2D eigenvalue weighted by atomic mass is 32.1. The molecule has 0 unspecified atom stereocenters. The number of carbonyl (C=O) groups is 1. The van der Waals surface area contributed by atoms with Crippen molar-refractivity contribution in [2.45, 2.75) is 25.1 Å². The first-order valence-corrected chi connectivity index (χ1v) is 10.2. The Bertz CT molecular complexity index is 1050. The third-order valence-electron chi connectivity index (χ3n) is 4.90. The van der Waals surface area contributed by atoms with Crippen LogP contribution in [-0.2, 0) is 6.18 Å². The van der Waals surface area contributed by atoms with E-state index in [0.717, 1.165) is 30.0 Å². The molecule has 0 aliphatic carbocycles. The Hall–Kier alpha value is -2.94. The van der Waals surface area contributed by atoms with E-state index in [1.807, 2.05) is 5.38 Å². The third kappa shape index (κ3) is 4.30. The van der Waals surface area contributed by atoms with Crippen LogP contribution in [0.5, 0.6) is 0 Å². The minimum atomic E-state index is -4.42. The van der Waals surface area contributed by atoms with Crippen LogP contribution in [0, 0.1) is 5.82 Å². The van der Waals surface area contributed by atoms with Gasteiger partial charge < -0.3 is 10.2 Å². The zero-order valence-corrected chi connectivity index (χ0v) is 16.4. The van der Waals surface area contributed by atoms with Gasteiger partial charge in [0.15, 0.2) is 0 Å². The number of hydrogen-bond acceptors (Lipinski definition) is 3. The Morgan fingerprint density at radius 1 is 1.17 bits per heavy atom. The van der Waals surface area contributed by atoms with Gasteiger partial charge in [-0.15, -0.1) is 11.3 Å². The number of hydrogen-bond donors (Lipinski definition) is 1. The molecular formula is C21H17F4N3OS. The number of benzene rings is 2. The van der Waals surface area contributed by atoms with Crippen molar-refractivity contribution in [2.24, 2.45) is 0 Å². The maximum absolute atomic E-state index is 13.5. The maximum Gasteiger partial charge on any atom is 0.416 e. The van der Waals surface area contributed by atoms with Crippen LogP contribution >= 0.6 is 11.3 Å². The number of anilines is 1. The topological polar surface area (TPSA) is 45.2 Å². The lowest BCUT2D eigenvalue weighted by atomic mass is 10.1. The zero-order valence-electron chi connectivity index (χ0n) is 15.6. The van der Waals surface area contributed by atoms with Gasteiger partial charge in [-0.2, -0.15) is 13.2 Å². The van der Waals surface area contributed by atoms with Crippen molar-refractivity contribution >= 4 is 23.1 Å². The van der Waals surface area contributed by atoms with E-state index in [-0.39, 0.29) is 17.9 Å². The van der Waals surface area contributed by atoms with Gasteiger partial charge in [-0.3, -0.25) is 0 Å². The van der Waals surface area contributed by atoms with Gasteiger partial charge in [0.2, 0.25) is 0 Å². The smallest absolute Gasteiger partial charge is 0.315 e. The molecule has 156 valence electrons. The van der Waals surface area contributed by atoms with Crippen LogP contribution in [0.2, 0.25) is 0 Å². The van der Waals surface area contributed by atoms with E-state index < -0.39 is 11.7 Å². The van der Waals surface area contributed by atoms with Gasteiger partial charge in [0, 0.05) is 23.2 Å². The lowest BCUT2D eigenvalue weighted by Gasteiger charge is -2.23. The first-order chi connectivity index (χ1) is 14.3. The fourth-order valence-corrected chi connectivity index (χ4v) is 4.40. The van der Waals surface area contributed by atoms with Gasteiger partial charge in [-0.25, -0.2) is 14.2 Å². The van der Waals surface area contributed by atoms with Crippen LogP contribution in [0.4, 0.5) is 28.0 Å². The van der Waals surface area contributed by atoms with Gasteiger partial charge >= 0.3 is 12.2 Å². The molecule has 3 aromatic rings. The third-order valence-corrected chi connectivity index (χ3v) is 5.85. The SMILES string of the molecule is O=C(Nc1ccc(C(F)(F)F)cc1)N1CCC[C@H]1c1nc(-c2cccc(F)c2)cs1. The van der Waals surface area contributed by atoms with E-state index in [2.05, 4.69) is 10.3 Å². The summed E-state index contributed by atoms with van der Waals surface area (Å²) < 4.78 is 51.6. The number of urea groups is 1. The van der Waals surface area contributed by atoms with Gasteiger partial charge in [0.25, 0.3) is 0 Å². The molecule has 0 radical (unpaired) electrons. The second-order valence-corrected chi connectivity index (χ2v) is 7.83. The van der Waals surface area contributed by atoms with Crippen molar-refractivity contribution in [1.82, 2.24) is 9.88 Å². The Balaban J connectivity index is 1.48. The molecule has 0 spiro atoms. The van der Waals surface area contributed by atoms with Crippen molar-refractivity contribution in [3.63, 3.8) is 0 Å². The molecule has 2 heterocycles. The van der Waals surface area contributed by atoms with Gasteiger partial charge in [0.05, 0.1) is 17.3 Å². The highest BCUT2D eigenvalue weighted by molar-refractivity contribution is 7.10. The van der Waals surface area contributed by atoms with Crippen LogP contribution in [0.3, 0.4) is 0 Å². The summed E-state index contributed by atoms with van der Waals surface area (Å²) >= 11 is 1.40. The van der Waals surface area contributed by atoms with Crippen LogP contribution in [0.25, 0.3) is 11.3 Å². The lowest BCUT2D eigenvalue weighted by Crippen LogP contribution is -2.34. The summed E-state index contributed by atoms with van der Waals surface area (Å²) in [5.41, 5.74) is 0.825. The first-order valence-electron chi connectivity index (χ1n) is 9.27. The normalized spacial score (nSPS) is 16.7. The number of aromatic nitrogens is 1. The molecular weight excluding hydrogens is 418 g/mol. The monoisotopic (exact) mass is 435 g/mol. The Kier molecular flexibility index (Phi) is 5.46. The zero-order chi connectivity index (χ0) is 21.3. The fraction of sp³-hybridized carbons (Fsp3) is 0.238. The molecule has 0 bridgehead atoms. The van der Waals surface area contributed by atoms with Gasteiger partial charge in [0.1, 0.15) is 10.8 Å². The van der Waals surface area contributed by atoms with Gasteiger partial charge in [-0.1, -0.05) is 12.1 Å². The van der Waals surface area contributed by atoms with E-state index in [0.29, 0.717) is 23.5 Å². The summed E-state index contributed by atoms with van der Waals surface area (Å²) in [6.07, 6.45) is -2.90. The van der Waals surface area contributed by atoms with Crippen molar-refractivity contribution in [3.05, 3.63) is 70.3 Å². The number of rotatable bonds is 3. The summed E-state index contributed by atoms with van der Waals surface area (Å²) in [7, 11) is 0. The van der Waals surface area contributed by atoms with Crippen LogP contribution in [-0.4, -0.2) is 22.5 Å². The number of halogens is 4. The van der Waals surface area contributed by atoms with E-state index in [1.165, 1.54) is 35.6 Å². The average molecular weight is 435 g/mol. The number of nitrogens with one attached hydrogen (secondary N) is 1. The number of thiazole rings is 1. The predicted molar refractivity (Wildman–Crippen MR) is 107 cm³/mol. The standard InChI is InChI=1S/C21H17F4N3OS/c22-15-4-1-3-13(11-15)17-12-30-19(27-17)18-5-2-10-28(18)20(29)26-16-8-6-14(7-9-16)21(23,24)25/h1,3-4,6-9,11-12,18H,2,5,10H2,(H,26,29)/t18-/m0/s1. The Morgan fingerprint density at radius 3 is 2.63 bits per heavy atom. The molecule has 4 rings (SSSR count). The fourth-order valence-electron chi connectivity index (χ4n) is 3.43. The van der Waals surface area contributed by atoms with E-state index in [1.54, 1.807) is 17.0 Å². The van der Waals surface area contributed by atoms with Crippen LogP contribution < -0.4 is 5.32 Å². The average Bonchev–Trinajstić information content (AvgIpc) is 3.37. The van der Waals surface area contributed by atoms with E-state index >= 15 is 0 Å². The minimum Gasteiger partial charge on any atom is -0.315 e. The molecule has 1 atom stereocenters. The molecule has 1 aliphatic heterocycles. The highest BCUT2D eigenvalue weighted by Crippen LogP contribution is 2.36. The lowest BCUT2D eigenvalue weighted by molar-refractivity contribution is -0.137. The Labute approximate surface area is 174 Å². The Morgan fingerprint density at radius 2 is 1.93 bits per heavy atom. The molecule has 1 aromatic heterocycles. The van der Waals surface area contributed by atoms with Crippen LogP contribution in [0.15, 0.2) is 53.9 Å². The summed E-state index contributed by atoms with van der Waals surface area (Å²) in [4.78, 5) is 18.9.